The van der Waals surface area contributed by atoms with E-state index in [9.17, 15) is 0 Å². The number of hydrogen-bond donors (Lipinski definition) is 0. The lowest BCUT2D eigenvalue weighted by Gasteiger charge is -2.23. The zero-order chi connectivity index (χ0) is 14.7. The van der Waals surface area contributed by atoms with Crippen molar-refractivity contribution < 1.29 is 4.74 Å². The van der Waals surface area contributed by atoms with Crippen LogP contribution in [0.4, 0.5) is 5.69 Å². The minimum Gasteiger partial charge on any atom is -0.495 e. The highest BCUT2D eigenvalue weighted by molar-refractivity contribution is 5.97. The normalized spacial score (nSPS) is 10.6. The quantitative estimate of drug-likeness (QED) is 0.724. The Balaban J connectivity index is 2.05. The molecule has 3 nitrogen and oxygen atoms in total. The van der Waals surface area contributed by atoms with Crippen LogP contribution >= 0.6 is 0 Å². The molecular weight excluding hydrogens is 260 g/mol. The van der Waals surface area contributed by atoms with Crippen LogP contribution in [0.3, 0.4) is 0 Å². The molecule has 1 heterocycles. The Morgan fingerprint density at radius 3 is 2.57 bits per heavy atom. The number of hydrogen-bond acceptors (Lipinski definition) is 3. The van der Waals surface area contributed by atoms with E-state index < -0.39 is 0 Å². The van der Waals surface area contributed by atoms with Crippen molar-refractivity contribution in [1.82, 2.24) is 4.98 Å². The standard InChI is InChI=1S/C18H18N2O/c1-20(13-15-8-5-6-12-19-15)18-16-9-4-3-7-14(16)10-11-17(18)21-2/h3-12H,13H2,1-2H3. The fourth-order valence-electron chi connectivity index (χ4n) is 2.61. The second kappa shape index (κ2) is 5.83. The average Bonchev–Trinajstić information content (AvgIpc) is 2.54. The van der Waals surface area contributed by atoms with Gasteiger partial charge in [-0.25, -0.2) is 0 Å². The molecule has 0 saturated heterocycles. The lowest BCUT2D eigenvalue weighted by molar-refractivity contribution is 0.415. The zero-order valence-electron chi connectivity index (χ0n) is 12.3. The molecule has 0 unspecified atom stereocenters. The number of ether oxygens (including phenoxy) is 1. The highest BCUT2D eigenvalue weighted by Crippen LogP contribution is 2.36. The van der Waals surface area contributed by atoms with E-state index >= 15 is 0 Å². The van der Waals surface area contributed by atoms with Crippen LogP contribution in [0, 0.1) is 0 Å². The molecule has 3 rings (SSSR count). The average molecular weight is 278 g/mol. The molecule has 0 bridgehead atoms. The largest absolute Gasteiger partial charge is 0.495 e. The highest BCUT2D eigenvalue weighted by Gasteiger charge is 2.13. The van der Waals surface area contributed by atoms with Crippen molar-refractivity contribution in [3.63, 3.8) is 0 Å². The number of pyridine rings is 1. The molecule has 2 aromatic carbocycles. The van der Waals surface area contributed by atoms with Gasteiger partial charge in [0.1, 0.15) is 5.75 Å². The predicted octanol–water partition coefficient (Wildman–Crippen LogP) is 3.88. The third-order valence-corrected chi connectivity index (χ3v) is 3.59. The van der Waals surface area contributed by atoms with Crippen LogP contribution < -0.4 is 9.64 Å². The van der Waals surface area contributed by atoms with Crippen LogP contribution in [-0.2, 0) is 6.54 Å². The molecule has 3 heteroatoms. The maximum Gasteiger partial charge on any atom is 0.142 e. The van der Waals surface area contributed by atoms with Gasteiger partial charge in [-0.15, -0.1) is 0 Å². The molecule has 0 fully saturated rings. The Morgan fingerprint density at radius 2 is 1.81 bits per heavy atom. The maximum absolute atomic E-state index is 5.55. The summed E-state index contributed by atoms with van der Waals surface area (Å²) in [5, 5.41) is 2.40. The van der Waals surface area contributed by atoms with Crippen molar-refractivity contribution in [3.05, 3.63) is 66.5 Å². The van der Waals surface area contributed by atoms with Crippen LogP contribution in [-0.4, -0.2) is 19.1 Å². The summed E-state index contributed by atoms with van der Waals surface area (Å²) in [6.07, 6.45) is 1.82. The topological polar surface area (TPSA) is 25.4 Å². The van der Waals surface area contributed by atoms with Gasteiger partial charge < -0.3 is 9.64 Å². The summed E-state index contributed by atoms with van der Waals surface area (Å²) in [6, 6.07) is 18.4. The molecule has 0 atom stereocenters. The maximum atomic E-state index is 5.55. The third kappa shape index (κ3) is 2.68. The summed E-state index contributed by atoms with van der Waals surface area (Å²) in [7, 11) is 3.78. The zero-order valence-corrected chi connectivity index (χ0v) is 12.3. The Hall–Kier alpha value is -2.55. The van der Waals surface area contributed by atoms with E-state index in [2.05, 4.69) is 47.3 Å². The minimum absolute atomic E-state index is 0.741. The third-order valence-electron chi connectivity index (χ3n) is 3.59. The van der Waals surface area contributed by atoms with Gasteiger partial charge in [0.05, 0.1) is 25.0 Å². The van der Waals surface area contributed by atoms with Gasteiger partial charge in [-0.3, -0.25) is 4.98 Å². The van der Waals surface area contributed by atoms with E-state index in [0.29, 0.717) is 0 Å². The van der Waals surface area contributed by atoms with E-state index in [4.69, 9.17) is 4.74 Å². The molecule has 3 aromatic rings. The molecule has 0 spiro atoms. The first-order chi connectivity index (χ1) is 10.3. The van der Waals surface area contributed by atoms with Crippen LogP contribution in [0.1, 0.15) is 5.69 Å². The van der Waals surface area contributed by atoms with E-state index in [1.165, 1.54) is 10.8 Å². The molecule has 0 saturated carbocycles. The summed E-state index contributed by atoms with van der Waals surface area (Å²) >= 11 is 0. The fraction of sp³-hybridized carbons (Fsp3) is 0.167. The molecule has 0 aliphatic heterocycles. The predicted molar refractivity (Wildman–Crippen MR) is 86.8 cm³/mol. The Labute approximate surface area is 124 Å². The van der Waals surface area contributed by atoms with Gasteiger partial charge in [0.15, 0.2) is 0 Å². The molecule has 1 aromatic heterocycles. The summed E-state index contributed by atoms with van der Waals surface area (Å²) in [5.74, 6) is 0.882. The molecule has 0 radical (unpaired) electrons. The van der Waals surface area contributed by atoms with Crippen LogP contribution in [0.2, 0.25) is 0 Å². The number of anilines is 1. The number of aromatic nitrogens is 1. The smallest absolute Gasteiger partial charge is 0.142 e. The highest BCUT2D eigenvalue weighted by atomic mass is 16.5. The summed E-state index contributed by atoms with van der Waals surface area (Å²) in [4.78, 5) is 6.58. The SMILES string of the molecule is COc1ccc2ccccc2c1N(C)Cc1ccccn1. The number of nitrogens with zero attached hydrogens (tertiary/aromatic N) is 2. The summed E-state index contributed by atoms with van der Waals surface area (Å²) < 4.78 is 5.55. The molecule has 106 valence electrons. The molecule has 21 heavy (non-hydrogen) atoms. The van der Waals surface area contributed by atoms with Gasteiger partial charge in [0, 0.05) is 18.6 Å². The van der Waals surface area contributed by atoms with Crippen LogP contribution in [0.5, 0.6) is 5.75 Å². The van der Waals surface area contributed by atoms with Crippen LogP contribution in [0.15, 0.2) is 60.8 Å². The lowest BCUT2D eigenvalue weighted by atomic mass is 10.1. The monoisotopic (exact) mass is 278 g/mol. The van der Waals surface area contributed by atoms with Crippen LogP contribution in [0.25, 0.3) is 10.8 Å². The Morgan fingerprint density at radius 1 is 1.00 bits per heavy atom. The van der Waals surface area contributed by atoms with Crippen molar-refractivity contribution >= 4 is 16.5 Å². The fourth-order valence-corrected chi connectivity index (χ4v) is 2.61. The first kappa shape index (κ1) is 13.4. The van der Waals surface area contributed by atoms with Gasteiger partial charge in [-0.2, -0.15) is 0 Å². The number of methoxy groups -OCH3 is 1. The van der Waals surface area contributed by atoms with Crippen molar-refractivity contribution in [2.45, 2.75) is 6.54 Å². The second-order valence-electron chi connectivity index (χ2n) is 5.01. The molecular formula is C18H18N2O. The van der Waals surface area contributed by atoms with E-state index in [1.54, 1.807) is 7.11 Å². The first-order valence-electron chi connectivity index (χ1n) is 6.96. The van der Waals surface area contributed by atoms with Gasteiger partial charge in [0.25, 0.3) is 0 Å². The molecule has 0 amide bonds. The number of fused-ring (bicyclic) bond motifs is 1. The van der Waals surface area contributed by atoms with Crippen molar-refractivity contribution in [3.8, 4) is 5.75 Å². The second-order valence-corrected chi connectivity index (χ2v) is 5.01. The Bertz CT molecular complexity index is 741. The van der Waals surface area contributed by atoms with Gasteiger partial charge in [-0.1, -0.05) is 36.4 Å². The van der Waals surface area contributed by atoms with Crippen molar-refractivity contribution in [1.29, 1.82) is 0 Å². The lowest BCUT2D eigenvalue weighted by Crippen LogP contribution is -2.18. The molecule has 0 N–H and O–H groups in total. The minimum atomic E-state index is 0.741. The van der Waals surface area contributed by atoms with Gasteiger partial charge >= 0.3 is 0 Å². The van der Waals surface area contributed by atoms with Gasteiger partial charge in [-0.05, 0) is 23.6 Å². The van der Waals surface area contributed by atoms with E-state index in [-0.39, 0.29) is 0 Å². The number of rotatable bonds is 4. The Kier molecular flexibility index (Phi) is 3.73. The van der Waals surface area contributed by atoms with Crippen molar-refractivity contribution in [2.24, 2.45) is 0 Å². The van der Waals surface area contributed by atoms with E-state index in [1.807, 2.05) is 30.5 Å². The number of benzene rings is 2. The summed E-state index contributed by atoms with van der Waals surface area (Å²) in [6.45, 7) is 0.741. The molecule has 0 aliphatic carbocycles. The first-order valence-corrected chi connectivity index (χ1v) is 6.96. The molecule has 0 aliphatic rings. The van der Waals surface area contributed by atoms with E-state index in [0.717, 1.165) is 23.7 Å². The van der Waals surface area contributed by atoms with Gasteiger partial charge in [0.2, 0.25) is 0 Å². The summed E-state index contributed by atoms with van der Waals surface area (Å²) in [5.41, 5.74) is 2.14. The van der Waals surface area contributed by atoms with Crippen molar-refractivity contribution in [2.75, 3.05) is 19.1 Å².